The van der Waals surface area contributed by atoms with Crippen LogP contribution in [0.1, 0.15) is 30.0 Å². The summed E-state index contributed by atoms with van der Waals surface area (Å²) in [5.74, 6) is 0.220. The number of fused-ring (bicyclic) bond motifs is 1. The Bertz CT molecular complexity index is 524. The average Bonchev–Trinajstić information content (AvgIpc) is 3.08. The topological polar surface area (TPSA) is 41.6 Å². The van der Waals surface area contributed by atoms with Crippen molar-refractivity contribution in [1.29, 1.82) is 0 Å². The summed E-state index contributed by atoms with van der Waals surface area (Å²) < 4.78 is 5.26. The largest absolute Gasteiger partial charge is 0.381 e. The Labute approximate surface area is 132 Å². The Hall–Kier alpha value is -1.39. The summed E-state index contributed by atoms with van der Waals surface area (Å²) in [5.41, 5.74) is 4.36. The minimum absolute atomic E-state index is 0.0641. The lowest BCUT2D eigenvalue weighted by atomic mass is 9.96. The van der Waals surface area contributed by atoms with Crippen molar-refractivity contribution in [1.82, 2.24) is 10.2 Å². The third-order valence-electron chi connectivity index (χ3n) is 4.80. The number of ether oxygens (including phenoxy) is 1. The zero-order valence-corrected chi connectivity index (χ0v) is 13.4. The van der Waals surface area contributed by atoms with E-state index in [0.717, 1.165) is 52.0 Å². The van der Waals surface area contributed by atoms with Crippen LogP contribution in [0, 0.1) is 5.92 Å². The number of hydrogen-bond donors (Lipinski definition) is 1. The number of rotatable bonds is 5. The maximum atomic E-state index is 12.0. The Balaban J connectivity index is 1.46. The van der Waals surface area contributed by atoms with Crippen molar-refractivity contribution in [2.24, 2.45) is 5.92 Å². The van der Waals surface area contributed by atoms with Gasteiger partial charge in [0.25, 0.3) is 0 Å². The quantitative estimate of drug-likeness (QED) is 0.901. The summed E-state index contributed by atoms with van der Waals surface area (Å²) in [4.78, 5) is 14.4. The van der Waals surface area contributed by atoms with E-state index in [2.05, 4.69) is 35.3 Å². The van der Waals surface area contributed by atoms with E-state index in [-0.39, 0.29) is 11.8 Å². The third-order valence-corrected chi connectivity index (χ3v) is 4.80. The molecule has 0 saturated carbocycles. The van der Waals surface area contributed by atoms with Crippen molar-refractivity contribution in [3.63, 3.8) is 0 Å². The van der Waals surface area contributed by atoms with E-state index in [1.54, 1.807) is 0 Å². The molecule has 2 aliphatic rings. The smallest absolute Gasteiger partial charge is 0.225 e. The third kappa shape index (κ3) is 3.68. The number of benzene rings is 1. The summed E-state index contributed by atoms with van der Waals surface area (Å²) in [6.07, 6.45) is 3.07. The molecule has 3 rings (SSSR count). The second-order valence-corrected chi connectivity index (χ2v) is 6.33. The van der Waals surface area contributed by atoms with E-state index in [1.807, 2.05) is 0 Å². The lowest BCUT2D eigenvalue weighted by Crippen LogP contribution is -2.39. The van der Waals surface area contributed by atoms with Gasteiger partial charge in [-0.05, 0) is 36.0 Å². The Morgan fingerprint density at radius 2 is 2.32 bits per heavy atom. The molecule has 2 heterocycles. The van der Waals surface area contributed by atoms with Gasteiger partial charge in [-0.2, -0.15) is 0 Å². The van der Waals surface area contributed by atoms with E-state index in [1.165, 1.54) is 16.7 Å². The van der Waals surface area contributed by atoms with Crippen molar-refractivity contribution in [3.05, 3.63) is 34.9 Å². The fourth-order valence-corrected chi connectivity index (χ4v) is 3.30. The van der Waals surface area contributed by atoms with Gasteiger partial charge in [0.2, 0.25) is 5.91 Å². The first kappa shape index (κ1) is 15.5. The normalized spacial score (nSPS) is 21.6. The van der Waals surface area contributed by atoms with Crippen molar-refractivity contribution < 1.29 is 9.53 Å². The minimum Gasteiger partial charge on any atom is -0.381 e. The molecule has 1 atom stereocenters. The Morgan fingerprint density at radius 1 is 1.41 bits per heavy atom. The molecule has 1 unspecified atom stereocenters. The fraction of sp³-hybridized carbons (Fsp3) is 0.611. The predicted octanol–water partition coefficient (Wildman–Crippen LogP) is 1.76. The highest BCUT2D eigenvalue weighted by atomic mass is 16.5. The van der Waals surface area contributed by atoms with Crippen LogP contribution < -0.4 is 5.32 Å². The van der Waals surface area contributed by atoms with Crippen molar-refractivity contribution in [2.45, 2.75) is 32.7 Å². The van der Waals surface area contributed by atoms with E-state index in [0.29, 0.717) is 6.61 Å². The molecule has 1 aromatic carbocycles. The molecule has 1 saturated heterocycles. The highest BCUT2D eigenvalue weighted by molar-refractivity contribution is 5.78. The second kappa shape index (κ2) is 7.25. The predicted molar refractivity (Wildman–Crippen MR) is 86.7 cm³/mol. The first-order chi connectivity index (χ1) is 10.8. The van der Waals surface area contributed by atoms with Crippen LogP contribution in [0.25, 0.3) is 0 Å². The fourth-order valence-electron chi connectivity index (χ4n) is 3.30. The molecule has 0 aromatic heterocycles. The van der Waals surface area contributed by atoms with Crippen LogP contribution in [0.3, 0.4) is 0 Å². The molecule has 1 N–H and O–H groups in total. The van der Waals surface area contributed by atoms with Gasteiger partial charge in [-0.3, -0.25) is 9.69 Å². The van der Waals surface area contributed by atoms with Crippen LogP contribution in [0.15, 0.2) is 18.2 Å². The number of carbonyl (C=O) groups excluding carboxylic acids is 1. The van der Waals surface area contributed by atoms with Crippen LogP contribution in [0.4, 0.5) is 0 Å². The van der Waals surface area contributed by atoms with Crippen molar-refractivity contribution in [2.75, 3.05) is 32.8 Å². The van der Waals surface area contributed by atoms with Crippen LogP contribution >= 0.6 is 0 Å². The van der Waals surface area contributed by atoms with Crippen molar-refractivity contribution >= 4 is 5.91 Å². The van der Waals surface area contributed by atoms with Gasteiger partial charge >= 0.3 is 0 Å². The molecule has 0 radical (unpaired) electrons. The number of hydrogen-bond acceptors (Lipinski definition) is 3. The molecular weight excluding hydrogens is 276 g/mol. The van der Waals surface area contributed by atoms with E-state index in [9.17, 15) is 4.79 Å². The van der Waals surface area contributed by atoms with Gasteiger partial charge in [-0.1, -0.05) is 25.1 Å². The monoisotopic (exact) mass is 302 g/mol. The number of amides is 1. The SMILES string of the molecule is CCc1ccc2c(c1)CN(CCNC(=O)C1CCOC1)CC2. The summed E-state index contributed by atoms with van der Waals surface area (Å²) in [5, 5.41) is 3.06. The van der Waals surface area contributed by atoms with E-state index < -0.39 is 0 Å². The van der Waals surface area contributed by atoms with Gasteiger partial charge in [0.15, 0.2) is 0 Å². The number of nitrogens with one attached hydrogen (secondary N) is 1. The van der Waals surface area contributed by atoms with Crippen LogP contribution in [0.5, 0.6) is 0 Å². The molecule has 0 spiro atoms. The van der Waals surface area contributed by atoms with Crippen LogP contribution in [-0.2, 0) is 28.9 Å². The standard InChI is InChI=1S/C18H26N2O2/c1-2-14-3-4-15-5-8-20(12-17(15)11-14)9-7-19-18(21)16-6-10-22-13-16/h3-4,11,16H,2,5-10,12-13H2,1H3,(H,19,21). The summed E-state index contributed by atoms with van der Waals surface area (Å²) >= 11 is 0. The molecule has 22 heavy (non-hydrogen) atoms. The molecule has 0 bridgehead atoms. The highest BCUT2D eigenvalue weighted by Crippen LogP contribution is 2.20. The lowest BCUT2D eigenvalue weighted by Gasteiger charge is -2.29. The molecule has 1 amide bonds. The van der Waals surface area contributed by atoms with Gasteiger partial charge in [0, 0.05) is 32.8 Å². The van der Waals surface area contributed by atoms with E-state index in [4.69, 9.17) is 4.74 Å². The van der Waals surface area contributed by atoms with E-state index >= 15 is 0 Å². The lowest BCUT2D eigenvalue weighted by molar-refractivity contribution is -0.125. The van der Waals surface area contributed by atoms with Crippen LogP contribution in [0.2, 0.25) is 0 Å². The van der Waals surface area contributed by atoms with Crippen molar-refractivity contribution in [3.8, 4) is 0 Å². The highest BCUT2D eigenvalue weighted by Gasteiger charge is 2.23. The molecule has 1 fully saturated rings. The summed E-state index contributed by atoms with van der Waals surface area (Å²) in [6.45, 7) is 7.26. The van der Waals surface area contributed by atoms with Gasteiger partial charge in [0.05, 0.1) is 12.5 Å². The van der Waals surface area contributed by atoms with Gasteiger partial charge in [0.1, 0.15) is 0 Å². The molecule has 0 aliphatic carbocycles. The number of aryl methyl sites for hydroxylation is 1. The second-order valence-electron chi connectivity index (χ2n) is 6.33. The maximum absolute atomic E-state index is 12.0. The molecule has 2 aliphatic heterocycles. The average molecular weight is 302 g/mol. The first-order valence-electron chi connectivity index (χ1n) is 8.44. The molecule has 4 nitrogen and oxygen atoms in total. The maximum Gasteiger partial charge on any atom is 0.225 e. The Morgan fingerprint density at radius 3 is 3.09 bits per heavy atom. The van der Waals surface area contributed by atoms with Gasteiger partial charge in [-0.15, -0.1) is 0 Å². The van der Waals surface area contributed by atoms with Crippen LogP contribution in [-0.4, -0.2) is 43.7 Å². The molecule has 4 heteroatoms. The zero-order chi connectivity index (χ0) is 15.4. The summed E-state index contributed by atoms with van der Waals surface area (Å²) in [6, 6.07) is 6.88. The number of nitrogens with zero attached hydrogens (tertiary/aromatic N) is 1. The first-order valence-corrected chi connectivity index (χ1v) is 8.44. The zero-order valence-electron chi connectivity index (χ0n) is 13.4. The molecule has 120 valence electrons. The van der Waals surface area contributed by atoms with Gasteiger partial charge < -0.3 is 10.1 Å². The molecule has 1 aromatic rings. The Kier molecular flexibility index (Phi) is 5.11. The van der Waals surface area contributed by atoms with Gasteiger partial charge in [-0.25, -0.2) is 0 Å². The number of carbonyl (C=O) groups is 1. The molecular formula is C18H26N2O2. The minimum atomic E-state index is 0.0641. The summed E-state index contributed by atoms with van der Waals surface area (Å²) in [7, 11) is 0.